The lowest BCUT2D eigenvalue weighted by Crippen LogP contribution is -2.27. The molecule has 0 bridgehead atoms. The zero-order chi connectivity index (χ0) is 18.1. The molecule has 2 heterocycles. The lowest BCUT2D eigenvalue weighted by molar-refractivity contribution is 0.0719. The van der Waals surface area contributed by atoms with Crippen LogP contribution in [0.4, 0.5) is 0 Å². The average Bonchev–Trinajstić information content (AvgIpc) is 2.87. The van der Waals surface area contributed by atoms with E-state index in [1.54, 1.807) is 24.1 Å². The van der Waals surface area contributed by atoms with Crippen molar-refractivity contribution in [3.63, 3.8) is 0 Å². The van der Waals surface area contributed by atoms with E-state index in [0.717, 1.165) is 28.1 Å². The van der Waals surface area contributed by atoms with E-state index in [9.17, 15) is 4.79 Å². The van der Waals surface area contributed by atoms with E-state index in [-0.39, 0.29) is 12.5 Å². The molecule has 3 rings (SSSR count). The number of ether oxygens (including phenoxy) is 1. The molecule has 1 aliphatic rings. The zero-order valence-electron chi connectivity index (χ0n) is 14.1. The third-order valence-corrected chi connectivity index (χ3v) is 4.94. The number of aromatic nitrogens is 1. The Kier molecular flexibility index (Phi) is 5.29. The highest BCUT2D eigenvalue weighted by Gasteiger charge is 2.34. The Balaban J connectivity index is 2.21. The van der Waals surface area contributed by atoms with Crippen LogP contribution < -0.4 is 5.73 Å². The van der Waals surface area contributed by atoms with Crippen LogP contribution in [0.15, 0.2) is 18.2 Å². The third-order valence-electron chi connectivity index (χ3n) is 4.39. The SMILES string of the molecule is COCCN1Cc2nc(C)c(CN)c(-c3ccc(Cl)cc3Cl)c2C1=O. The summed E-state index contributed by atoms with van der Waals surface area (Å²) >= 11 is 12.4. The number of amides is 1. The van der Waals surface area contributed by atoms with Crippen molar-refractivity contribution in [2.75, 3.05) is 20.3 Å². The molecule has 5 nitrogen and oxygen atoms in total. The summed E-state index contributed by atoms with van der Waals surface area (Å²) < 4.78 is 5.10. The number of rotatable bonds is 5. The van der Waals surface area contributed by atoms with Crippen LogP contribution in [0.5, 0.6) is 0 Å². The maximum atomic E-state index is 13.0. The van der Waals surface area contributed by atoms with E-state index in [0.29, 0.717) is 35.3 Å². The number of carbonyl (C=O) groups is 1. The molecule has 0 unspecified atom stereocenters. The molecule has 1 amide bonds. The number of aryl methyl sites for hydroxylation is 1. The van der Waals surface area contributed by atoms with Gasteiger partial charge in [-0.15, -0.1) is 0 Å². The molecule has 0 saturated heterocycles. The first kappa shape index (κ1) is 18.1. The van der Waals surface area contributed by atoms with Gasteiger partial charge in [0.05, 0.1) is 24.4 Å². The standard InChI is InChI=1S/C18H19Cl2N3O2/c1-10-13(8-21)16(12-4-3-11(19)7-14(12)20)17-15(22-10)9-23(18(17)24)5-6-25-2/h3-4,7H,5-6,8-9,21H2,1-2H3. The van der Waals surface area contributed by atoms with Gasteiger partial charge in [0.1, 0.15) is 0 Å². The monoisotopic (exact) mass is 379 g/mol. The number of hydrogen-bond acceptors (Lipinski definition) is 4. The maximum Gasteiger partial charge on any atom is 0.256 e. The van der Waals surface area contributed by atoms with Crippen LogP contribution in [0, 0.1) is 6.92 Å². The molecule has 1 aromatic heterocycles. The maximum absolute atomic E-state index is 13.0. The van der Waals surface area contributed by atoms with Gasteiger partial charge in [-0.25, -0.2) is 0 Å². The molecule has 0 aliphatic carbocycles. The fraction of sp³-hybridized carbons (Fsp3) is 0.333. The van der Waals surface area contributed by atoms with Crippen LogP contribution >= 0.6 is 23.2 Å². The number of fused-ring (bicyclic) bond motifs is 1. The predicted molar refractivity (Wildman–Crippen MR) is 98.9 cm³/mol. The van der Waals surface area contributed by atoms with Gasteiger partial charge in [0.25, 0.3) is 5.91 Å². The van der Waals surface area contributed by atoms with E-state index < -0.39 is 0 Å². The fourth-order valence-corrected chi connectivity index (χ4v) is 3.68. The van der Waals surface area contributed by atoms with Gasteiger partial charge in [-0.05, 0) is 24.6 Å². The molecular weight excluding hydrogens is 361 g/mol. The summed E-state index contributed by atoms with van der Waals surface area (Å²) in [6.45, 7) is 3.61. The number of benzene rings is 1. The fourth-order valence-electron chi connectivity index (χ4n) is 3.18. The van der Waals surface area contributed by atoms with E-state index in [4.69, 9.17) is 33.7 Å². The van der Waals surface area contributed by atoms with Gasteiger partial charge in [0.2, 0.25) is 0 Å². The highest BCUT2D eigenvalue weighted by atomic mass is 35.5. The van der Waals surface area contributed by atoms with Gasteiger partial charge in [-0.2, -0.15) is 0 Å². The summed E-state index contributed by atoms with van der Waals surface area (Å²) in [5, 5.41) is 1.02. The number of pyridine rings is 1. The highest BCUT2D eigenvalue weighted by molar-refractivity contribution is 6.36. The molecular formula is C18H19Cl2N3O2. The Morgan fingerprint density at radius 1 is 1.32 bits per heavy atom. The molecule has 25 heavy (non-hydrogen) atoms. The molecule has 2 N–H and O–H groups in total. The van der Waals surface area contributed by atoms with E-state index >= 15 is 0 Å². The van der Waals surface area contributed by atoms with Crippen molar-refractivity contribution < 1.29 is 9.53 Å². The van der Waals surface area contributed by atoms with Gasteiger partial charge in [-0.1, -0.05) is 29.3 Å². The van der Waals surface area contributed by atoms with E-state index in [1.807, 2.05) is 13.0 Å². The number of carbonyl (C=O) groups excluding carboxylic acids is 1. The predicted octanol–water partition coefficient (Wildman–Crippen LogP) is 3.42. The van der Waals surface area contributed by atoms with Gasteiger partial charge < -0.3 is 15.4 Å². The van der Waals surface area contributed by atoms with Crippen molar-refractivity contribution in [1.29, 1.82) is 0 Å². The topological polar surface area (TPSA) is 68.4 Å². The first-order chi connectivity index (χ1) is 12.0. The molecule has 1 aromatic carbocycles. The second-order valence-electron chi connectivity index (χ2n) is 5.92. The van der Waals surface area contributed by atoms with Crippen LogP contribution in [0.1, 0.15) is 27.3 Å². The summed E-state index contributed by atoms with van der Waals surface area (Å²) in [6.07, 6.45) is 0. The molecule has 132 valence electrons. The van der Waals surface area contributed by atoms with Crippen LogP contribution in [0.25, 0.3) is 11.1 Å². The highest BCUT2D eigenvalue weighted by Crippen LogP contribution is 2.39. The Morgan fingerprint density at radius 3 is 2.72 bits per heavy atom. The Morgan fingerprint density at radius 2 is 2.08 bits per heavy atom. The molecule has 7 heteroatoms. The quantitative estimate of drug-likeness (QED) is 0.863. The Labute approximate surface area is 156 Å². The zero-order valence-corrected chi connectivity index (χ0v) is 15.6. The number of methoxy groups -OCH3 is 1. The molecule has 1 aliphatic heterocycles. The number of nitrogens with zero attached hydrogens (tertiary/aromatic N) is 2. The van der Waals surface area contributed by atoms with Crippen molar-refractivity contribution in [2.24, 2.45) is 5.73 Å². The average molecular weight is 380 g/mol. The molecule has 0 radical (unpaired) electrons. The van der Waals surface area contributed by atoms with Gasteiger partial charge in [0, 0.05) is 47.1 Å². The number of halogens is 2. The minimum absolute atomic E-state index is 0.0738. The van der Waals surface area contributed by atoms with Crippen LogP contribution in [-0.4, -0.2) is 36.1 Å². The van der Waals surface area contributed by atoms with Crippen molar-refractivity contribution >= 4 is 29.1 Å². The van der Waals surface area contributed by atoms with Crippen molar-refractivity contribution in [3.05, 3.63) is 50.8 Å². The van der Waals surface area contributed by atoms with Gasteiger partial charge in [0.15, 0.2) is 0 Å². The first-order valence-corrected chi connectivity index (χ1v) is 8.69. The molecule has 2 aromatic rings. The van der Waals surface area contributed by atoms with E-state index in [2.05, 4.69) is 4.98 Å². The summed E-state index contributed by atoms with van der Waals surface area (Å²) in [6, 6.07) is 5.25. The van der Waals surface area contributed by atoms with Gasteiger partial charge in [-0.3, -0.25) is 9.78 Å². The largest absolute Gasteiger partial charge is 0.383 e. The minimum atomic E-state index is -0.0738. The molecule has 0 fully saturated rings. The molecule has 0 atom stereocenters. The van der Waals surface area contributed by atoms with Crippen molar-refractivity contribution in [2.45, 2.75) is 20.0 Å². The first-order valence-electron chi connectivity index (χ1n) is 7.94. The summed E-state index contributed by atoms with van der Waals surface area (Å²) in [5.74, 6) is -0.0738. The summed E-state index contributed by atoms with van der Waals surface area (Å²) in [4.78, 5) is 19.3. The summed E-state index contributed by atoms with van der Waals surface area (Å²) in [5.41, 5.74) is 10.4. The Bertz CT molecular complexity index is 840. The van der Waals surface area contributed by atoms with Crippen LogP contribution in [-0.2, 0) is 17.8 Å². The Hall–Kier alpha value is -1.66. The minimum Gasteiger partial charge on any atom is -0.383 e. The molecule has 0 spiro atoms. The lowest BCUT2D eigenvalue weighted by atomic mass is 9.93. The number of nitrogens with two attached hydrogens (primary N) is 1. The molecule has 0 saturated carbocycles. The summed E-state index contributed by atoms with van der Waals surface area (Å²) in [7, 11) is 1.61. The van der Waals surface area contributed by atoms with Crippen LogP contribution in [0.2, 0.25) is 10.0 Å². The second kappa shape index (κ2) is 7.30. The van der Waals surface area contributed by atoms with E-state index in [1.165, 1.54) is 0 Å². The van der Waals surface area contributed by atoms with Crippen molar-refractivity contribution in [3.8, 4) is 11.1 Å². The smallest absolute Gasteiger partial charge is 0.256 e. The normalized spacial score (nSPS) is 13.5. The van der Waals surface area contributed by atoms with Crippen LogP contribution in [0.3, 0.4) is 0 Å². The second-order valence-corrected chi connectivity index (χ2v) is 6.76. The van der Waals surface area contributed by atoms with Crippen molar-refractivity contribution in [1.82, 2.24) is 9.88 Å². The number of hydrogen-bond donors (Lipinski definition) is 1. The third kappa shape index (κ3) is 3.25. The van der Waals surface area contributed by atoms with Gasteiger partial charge >= 0.3 is 0 Å². The lowest BCUT2D eigenvalue weighted by Gasteiger charge is -2.17.